The number of hydrogen-bond donors (Lipinski definition) is 1. The molecule has 0 fully saturated rings. The molecule has 0 spiro atoms. The summed E-state index contributed by atoms with van der Waals surface area (Å²) < 4.78 is 19.5. The Hall–Kier alpha value is -2.92. The number of rotatable bonds is 3. The number of amides is 1. The Morgan fingerprint density at radius 3 is 2.62 bits per heavy atom. The number of carbonyl (C=O) groups excluding carboxylic acids is 1. The van der Waals surface area contributed by atoms with Gasteiger partial charge in [0.1, 0.15) is 17.0 Å². The fraction of sp³-hybridized carbons (Fsp3) is 0. The zero-order valence-electron chi connectivity index (χ0n) is 12.2. The van der Waals surface area contributed by atoms with Crippen molar-refractivity contribution in [3.05, 3.63) is 71.3 Å². The molecular weight excluding hydrogens is 331 g/mol. The van der Waals surface area contributed by atoms with E-state index >= 15 is 0 Å². The van der Waals surface area contributed by atoms with Gasteiger partial charge in [-0.3, -0.25) is 9.78 Å². The fourth-order valence-electron chi connectivity index (χ4n) is 2.66. The molecule has 0 atom stereocenters. The summed E-state index contributed by atoms with van der Waals surface area (Å²) in [6.45, 7) is 0. The Morgan fingerprint density at radius 2 is 1.83 bits per heavy atom. The smallest absolute Gasteiger partial charge is 0.260 e. The molecule has 4 nitrogen and oxygen atoms in total. The van der Waals surface area contributed by atoms with Crippen molar-refractivity contribution in [2.45, 2.75) is 0 Å². The quantitative estimate of drug-likeness (QED) is 0.572. The van der Waals surface area contributed by atoms with Crippen molar-refractivity contribution in [1.29, 1.82) is 0 Å². The molecule has 0 saturated carbocycles. The monoisotopic (exact) mass is 340 g/mol. The molecule has 118 valence electrons. The summed E-state index contributed by atoms with van der Waals surface area (Å²) in [5.74, 6) is -1.02. The van der Waals surface area contributed by atoms with Crippen molar-refractivity contribution in [2.75, 3.05) is 5.32 Å². The second-order valence-electron chi connectivity index (χ2n) is 5.23. The van der Waals surface area contributed by atoms with Crippen LogP contribution in [0.3, 0.4) is 0 Å². The van der Waals surface area contributed by atoms with Crippen molar-refractivity contribution in [2.24, 2.45) is 0 Å². The molecule has 3 aromatic heterocycles. The average Bonchev–Trinajstić information content (AvgIpc) is 3.20. The van der Waals surface area contributed by atoms with Gasteiger partial charge in [0.25, 0.3) is 5.91 Å². The van der Waals surface area contributed by atoms with E-state index in [1.807, 2.05) is 0 Å². The van der Waals surface area contributed by atoms with Gasteiger partial charge in [-0.15, -0.1) is 0 Å². The van der Waals surface area contributed by atoms with Gasteiger partial charge in [0, 0.05) is 23.0 Å². The Bertz CT molecular complexity index is 1030. The van der Waals surface area contributed by atoms with Crippen LogP contribution in [0.2, 0.25) is 5.02 Å². The first kappa shape index (κ1) is 14.7. The number of anilines is 1. The van der Waals surface area contributed by atoms with Crippen LogP contribution in [0, 0.1) is 5.82 Å². The van der Waals surface area contributed by atoms with Gasteiger partial charge in [0.2, 0.25) is 0 Å². The van der Waals surface area contributed by atoms with Gasteiger partial charge in [0.15, 0.2) is 0 Å². The molecule has 2 bridgehead atoms. The standard InChI is InChI=1S/C18H10ClFN2O2/c19-11-1-2-12(20)13(9-11)22-18(23)17-15-4-3-14(24-15)16(17)10-5-7-21-8-6-10/h1-9H,(H,22,23). The Labute approximate surface area is 141 Å². The van der Waals surface area contributed by atoms with Crippen LogP contribution < -0.4 is 5.32 Å². The summed E-state index contributed by atoms with van der Waals surface area (Å²) >= 11 is 5.87. The van der Waals surface area contributed by atoms with Crippen molar-refractivity contribution in [3.63, 3.8) is 0 Å². The maximum Gasteiger partial charge on any atom is 0.260 e. The number of aromatic nitrogens is 1. The van der Waals surface area contributed by atoms with E-state index < -0.39 is 11.7 Å². The molecule has 0 aliphatic heterocycles. The molecule has 3 heterocycles. The van der Waals surface area contributed by atoms with Crippen molar-refractivity contribution < 1.29 is 13.6 Å². The molecule has 0 aliphatic rings. The van der Waals surface area contributed by atoms with Gasteiger partial charge < -0.3 is 9.73 Å². The number of carbonyl (C=O) groups is 1. The second kappa shape index (κ2) is 5.62. The number of benzene rings is 2. The molecule has 0 aliphatic carbocycles. The summed E-state index contributed by atoms with van der Waals surface area (Å²) in [4.78, 5) is 16.7. The third kappa shape index (κ3) is 2.39. The van der Waals surface area contributed by atoms with Gasteiger partial charge >= 0.3 is 0 Å². The minimum Gasteiger partial charge on any atom is -0.456 e. The number of nitrogens with zero attached hydrogens (tertiary/aromatic N) is 1. The van der Waals surface area contributed by atoms with E-state index in [0.717, 1.165) is 5.56 Å². The zero-order valence-corrected chi connectivity index (χ0v) is 13.0. The largest absolute Gasteiger partial charge is 0.456 e. The predicted molar refractivity (Wildman–Crippen MR) is 90.0 cm³/mol. The first-order chi connectivity index (χ1) is 11.6. The van der Waals surface area contributed by atoms with Crippen LogP contribution in [-0.2, 0) is 0 Å². The maximum atomic E-state index is 13.9. The molecular formula is C18H10ClFN2O2. The highest BCUT2D eigenvalue weighted by atomic mass is 35.5. The Kier molecular flexibility index (Phi) is 3.43. The highest BCUT2D eigenvalue weighted by Crippen LogP contribution is 2.37. The van der Waals surface area contributed by atoms with Gasteiger partial charge in [-0.25, -0.2) is 4.39 Å². The topological polar surface area (TPSA) is 55.1 Å². The van der Waals surface area contributed by atoms with E-state index in [9.17, 15) is 9.18 Å². The molecule has 24 heavy (non-hydrogen) atoms. The van der Waals surface area contributed by atoms with E-state index in [4.69, 9.17) is 16.0 Å². The van der Waals surface area contributed by atoms with Crippen molar-refractivity contribution in [3.8, 4) is 11.1 Å². The molecule has 4 aromatic rings. The number of furan rings is 2. The summed E-state index contributed by atoms with van der Waals surface area (Å²) in [5, 5.41) is 2.89. The first-order valence-corrected chi connectivity index (χ1v) is 7.53. The van der Waals surface area contributed by atoms with Crippen LogP contribution in [0.4, 0.5) is 10.1 Å². The lowest BCUT2D eigenvalue weighted by molar-refractivity contribution is 0.102. The van der Waals surface area contributed by atoms with Crippen LogP contribution >= 0.6 is 11.6 Å². The highest BCUT2D eigenvalue weighted by Gasteiger charge is 2.24. The number of nitrogens with one attached hydrogen (secondary N) is 1. The molecule has 1 aromatic carbocycles. The van der Waals surface area contributed by atoms with Crippen LogP contribution in [-0.4, -0.2) is 10.9 Å². The predicted octanol–water partition coefficient (Wildman–Crippen LogP) is 4.98. The zero-order chi connectivity index (χ0) is 16.7. The van der Waals surface area contributed by atoms with Crippen LogP contribution in [0.25, 0.3) is 22.3 Å². The summed E-state index contributed by atoms with van der Waals surface area (Å²) in [7, 11) is 0. The average molecular weight is 341 g/mol. The molecule has 6 heteroatoms. The van der Waals surface area contributed by atoms with Crippen LogP contribution in [0.5, 0.6) is 0 Å². The molecule has 1 amide bonds. The minimum absolute atomic E-state index is 0.0198. The number of pyridine rings is 1. The van der Waals surface area contributed by atoms with Crippen LogP contribution in [0.1, 0.15) is 10.4 Å². The third-order valence-electron chi connectivity index (χ3n) is 3.72. The van der Waals surface area contributed by atoms with Crippen molar-refractivity contribution >= 4 is 34.4 Å². The Morgan fingerprint density at radius 1 is 1.08 bits per heavy atom. The second-order valence-corrected chi connectivity index (χ2v) is 5.66. The molecule has 4 rings (SSSR count). The number of fused-ring (bicyclic) bond motifs is 2. The van der Waals surface area contributed by atoms with Gasteiger partial charge in [-0.1, -0.05) is 11.6 Å². The summed E-state index contributed by atoms with van der Waals surface area (Å²) in [6, 6.07) is 11.1. The van der Waals surface area contributed by atoms with E-state index in [1.54, 1.807) is 36.7 Å². The van der Waals surface area contributed by atoms with Crippen molar-refractivity contribution in [1.82, 2.24) is 4.98 Å². The summed E-state index contributed by atoms with van der Waals surface area (Å²) in [6.07, 6.45) is 3.27. The lowest BCUT2D eigenvalue weighted by atomic mass is 10.00. The lowest BCUT2D eigenvalue weighted by Crippen LogP contribution is -2.13. The molecule has 1 N–H and O–H groups in total. The van der Waals surface area contributed by atoms with Gasteiger partial charge in [-0.2, -0.15) is 0 Å². The van der Waals surface area contributed by atoms with E-state index in [0.29, 0.717) is 27.3 Å². The SMILES string of the molecule is O=C(Nc1cc(Cl)ccc1F)c1c(-c2ccncc2)c2ccc1o2. The molecule has 0 unspecified atom stereocenters. The maximum absolute atomic E-state index is 13.9. The molecule has 0 saturated heterocycles. The van der Waals surface area contributed by atoms with Gasteiger partial charge in [0.05, 0.1) is 11.3 Å². The minimum atomic E-state index is -0.559. The first-order valence-electron chi connectivity index (χ1n) is 7.15. The van der Waals surface area contributed by atoms with E-state index in [1.165, 1.54) is 18.2 Å². The van der Waals surface area contributed by atoms with E-state index in [-0.39, 0.29) is 5.69 Å². The van der Waals surface area contributed by atoms with Crippen LogP contribution in [0.15, 0.2) is 59.3 Å². The lowest BCUT2D eigenvalue weighted by Gasteiger charge is -2.08. The fourth-order valence-corrected chi connectivity index (χ4v) is 2.83. The normalized spacial score (nSPS) is 11.1. The Balaban J connectivity index is 1.77. The number of halogens is 2. The van der Waals surface area contributed by atoms with E-state index in [2.05, 4.69) is 10.3 Å². The number of hydrogen-bond acceptors (Lipinski definition) is 3. The van der Waals surface area contributed by atoms with Gasteiger partial charge in [-0.05, 0) is 48.0 Å². The highest BCUT2D eigenvalue weighted by molar-refractivity contribution is 6.31. The molecule has 0 radical (unpaired) electrons. The third-order valence-corrected chi connectivity index (χ3v) is 3.96. The summed E-state index contributed by atoms with van der Waals surface area (Å²) in [5.41, 5.74) is 2.88.